The van der Waals surface area contributed by atoms with E-state index in [-0.39, 0.29) is 10.8 Å². The summed E-state index contributed by atoms with van der Waals surface area (Å²) in [6.07, 6.45) is 3.14. The van der Waals surface area contributed by atoms with E-state index in [4.69, 9.17) is 0 Å². The van der Waals surface area contributed by atoms with Gasteiger partial charge in [0.2, 0.25) is 0 Å². The van der Waals surface area contributed by atoms with Crippen molar-refractivity contribution in [3.05, 3.63) is 23.0 Å². The Kier molecular flexibility index (Phi) is 4.85. The molecule has 94 valence electrons. The number of hydrogen-bond acceptors (Lipinski definition) is 1. The summed E-state index contributed by atoms with van der Waals surface area (Å²) in [6.45, 7) is 17.1. The molecular formula is C15H28O. The van der Waals surface area contributed by atoms with Crippen molar-refractivity contribution < 1.29 is 5.11 Å². The van der Waals surface area contributed by atoms with Crippen molar-refractivity contribution in [3.63, 3.8) is 0 Å². The van der Waals surface area contributed by atoms with Crippen molar-refractivity contribution in [2.45, 2.75) is 61.8 Å². The molecular weight excluding hydrogens is 196 g/mol. The third-order valence-electron chi connectivity index (χ3n) is 3.78. The quantitative estimate of drug-likeness (QED) is 0.513. The van der Waals surface area contributed by atoms with Gasteiger partial charge in [0, 0.05) is 5.41 Å². The first-order valence-corrected chi connectivity index (χ1v) is 6.11. The van der Waals surface area contributed by atoms with Gasteiger partial charge >= 0.3 is 0 Å². The maximum Gasteiger partial charge on any atom is 0.0929 e. The highest BCUT2D eigenvalue weighted by Gasteiger charge is 2.39. The molecule has 16 heavy (non-hydrogen) atoms. The van der Waals surface area contributed by atoms with Gasteiger partial charge in [-0.15, -0.1) is 0 Å². The van der Waals surface area contributed by atoms with Crippen molar-refractivity contribution in [2.75, 3.05) is 0 Å². The summed E-state index contributed by atoms with van der Waals surface area (Å²) in [5.74, 6) is 0.445. The van der Waals surface area contributed by atoms with E-state index in [0.29, 0.717) is 5.76 Å². The van der Waals surface area contributed by atoms with Gasteiger partial charge < -0.3 is 5.11 Å². The van der Waals surface area contributed by atoms with Crippen LogP contribution in [0.1, 0.15) is 61.8 Å². The molecule has 0 aromatic rings. The molecule has 1 atom stereocenters. The molecule has 0 aliphatic carbocycles. The Labute approximate surface area is 101 Å². The van der Waals surface area contributed by atoms with Gasteiger partial charge in [-0.3, -0.25) is 0 Å². The highest BCUT2D eigenvalue weighted by Crippen LogP contribution is 2.48. The minimum Gasteiger partial charge on any atom is -0.512 e. The maximum absolute atomic E-state index is 9.93. The first-order valence-electron chi connectivity index (χ1n) is 6.11. The second kappa shape index (κ2) is 5.07. The van der Waals surface area contributed by atoms with Crippen LogP contribution >= 0.6 is 0 Å². The Morgan fingerprint density at radius 1 is 1.06 bits per heavy atom. The lowest BCUT2D eigenvalue weighted by atomic mass is 9.61. The van der Waals surface area contributed by atoms with Crippen LogP contribution in [0.2, 0.25) is 0 Å². The average molecular weight is 224 g/mol. The molecule has 0 aliphatic heterocycles. The van der Waals surface area contributed by atoms with E-state index in [9.17, 15) is 5.11 Å². The smallest absolute Gasteiger partial charge is 0.0929 e. The molecule has 1 nitrogen and oxygen atoms in total. The monoisotopic (exact) mass is 224 g/mol. The second-order valence-corrected chi connectivity index (χ2v) is 6.16. The number of allylic oxidation sites excluding steroid dienone is 4. The van der Waals surface area contributed by atoms with Crippen molar-refractivity contribution in [1.82, 2.24) is 0 Å². The molecule has 0 amide bonds. The maximum atomic E-state index is 9.93. The van der Waals surface area contributed by atoms with Gasteiger partial charge in [0.1, 0.15) is 0 Å². The average Bonchev–Trinajstić information content (AvgIpc) is 2.10. The van der Waals surface area contributed by atoms with Crippen molar-refractivity contribution in [2.24, 2.45) is 10.8 Å². The predicted molar refractivity (Wildman–Crippen MR) is 72.6 cm³/mol. The zero-order valence-corrected chi connectivity index (χ0v) is 12.2. The summed E-state index contributed by atoms with van der Waals surface area (Å²) in [4.78, 5) is 0. The van der Waals surface area contributed by atoms with Crippen molar-refractivity contribution >= 4 is 0 Å². The topological polar surface area (TPSA) is 20.2 Å². The summed E-state index contributed by atoms with van der Waals surface area (Å²) >= 11 is 0. The van der Waals surface area contributed by atoms with Crippen LogP contribution in [-0.4, -0.2) is 5.11 Å². The fourth-order valence-electron chi connectivity index (χ4n) is 2.08. The largest absolute Gasteiger partial charge is 0.512 e. The SMILES string of the molecule is CCC(C)(/C(C=C(C)C)=C(/C)O)C(C)(C)C. The van der Waals surface area contributed by atoms with Crippen LogP contribution in [0.15, 0.2) is 23.0 Å². The Morgan fingerprint density at radius 3 is 1.69 bits per heavy atom. The van der Waals surface area contributed by atoms with Gasteiger partial charge in [0.25, 0.3) is 0 Å². The zero-order valence-electron chi connectivity index (χ0n) is 12.2. The van der Waals surface area contributed by atoms with E-state index in [1.54, 1.807) is 6.92 Å². The Balaban J connectivity index is 5.71. The van der Waals surface area contributed by atoms with Crippen LogP contribution in [0.3, 0.4) is 0 Å². The molecule has 0 bridgehead atoms. The summed E-state index contributed by atoms with van der Waals surface area (Å²) in [7, 11) is 0. The van der Waals surface area contributed by atoms with Gasteiger partial charge in [-0.05, 0) is 38.2 Å². The summed E-state index contributed by atoms with van der Waals surface area (Å²) in [5.41, 5.74) is 2.44. The summed E-state index contributed by atoms with van der Waals surface area (Å²) in [5, 5.41) is 9.93. The Morgan fingerprint density at radius 2 is 1.50 bits per heavy atom. The van der Waals surface area contributed by atoms with Crippen LogP contribution in [-0.2, 0) is 0 Å². The molecule has 0 fully saturated rings. The molecule has 0 aromatic heterocycles. The molecule has 0 aromatic carbocycles. The van der Waals surface area contributed by atoms with E-state index in [2.05, 4.69) is 54.5 Å². The zero-order chi connectivity index (χ0) is 13.1. The van der Waals surface area contributed by atoms with Crippen LogP contribution in [0.5, 0.6) is 0 Å². The van der Waals surface area contributed by atoms with E-state index in [1.807, 2.05) is 0 Å². The number of rotatable bonds is 3. The number of hydrogen-bond donors (Lipinski definition) is 1. The van der Waals surface area contributed by atoms with Crippen molar-refractivity contribution in [1.29, 1.82) is 0 Å². The lowest BCUT2D eigenvalue weighted by Gasteiger charge is -2.43. The lowest BCUT2D eigenvalue weighted by Crippen LogP contribution is -2.34. The Bertz CT molecular complexity index is 294. The van der Waals surface area contributed by atoms with Gasteiger partial charge in [0.05, 0.1) is 5.76 Å². The molecule has 0 radical (unpaired) electrons. The molecule has 1 N–H and O–H groups in total. The molecule has 1 unspecified atom stereocenters. The minimum atomic E-state index is 0.00308. The number of aliphatic hydroxyl groups excluding tert-OH is 1. The minimum absolute atomic E-state index is 0.00308. The lowest BCUT2D eigenvalue weighted by molar-refractivity contribution is 0.144. The fraction of sp³-hybridized carbons (Fsp3) is 0.733. The van der Waals surface area contributed by atoms with Crippen LogP contribution < -0.4 is 0 Å². The highest BCUT2D eigenvalue weighted by atomic mass is 16.3. The molecule has 0 saturated carbocycles. The molecule has 0 spiro atoms. The standard InChI is InChI=1S/C15H28O/c1-9-15(8,14(5,6)7)13(12(4)16)10-11(2)3/h10,16H,9H2,1-8H3/b13-12-. The second-order valence-electron chi connectivity index (χ2n) is 6.16. The van der Waals surface area contributed by atoms with Crippen LogP contribution in [0.25, 0.3) is 0 Å². The van der Waals surface area contributed by atoms with Gasteiger partial charge in [-0.2, -0.15) is 0 Å². The molecule has 0 aliphatic rings. The third kappa shape index (κ3) is 3.13. The first kappa shape index (κ1) is 15.3. The first-order chi connectivity index (χ1) is 7.06. The highest BCUT2D eigenvalue weighted by molar-refractivity contribution is 5.32. The third-order valence-corrected chi connectivity index (χ3v) is 3.78. The Hall–Kier alpha value is -0.720. The van der Waals surface area contributed by atoms with Crippen LogP contribution in [0, 0.1) is 10.8 Å². The van der Waals surface area contributed by atoms with Crippen LogP contribution in [0.4, 0.5) is 0 Å². The van der Waals surface area contributed by atoms with Gasteiger partial charge in [0.15, 0.2) is 0 Å². The van der Waals surface area contributed by atoms with Gasteiger partial charge in [-0.25, -0.2) is 0 Å². The van der Waals surface area contributed by atoms with E-state index in [1.165, 1.54) is 5.57 Å². The van der Waals surface area contributed by atoms with E-state index < -0.39 is 0 Å². The molecule has 1 heteroatoms. The fourth-order valence-corrected chi connectivity index (χ4v) is 2.08. The predicted octanol–water partition coefficient (Wildman–Crippen LogP) is 5.25. The molecule has 0 saturated heterocycles. The summed E-state index contributed by atoms with van der Waals surface area (Å²) in [6, 6.07) is 0. The molecule has 0 rings (SSSR count). The normalized spacial score (nSPS) is 17.5. The van der Waals surface area contributed by atoms with E-state index in [0.717, 1.165) is 12.0 Å². The summed E-state index contributed by atoms with van der Waals surface area (Å²) < 4.78 is 0. The van der Waals surface area contributed by atoms with E-state index >= 15 is 0 Å². The molecule has 0 heterocycles. The number of aliphatic hydroxyl groups is 1. The van der Waals surface area contributed by atoms with Gasteiger partial charge in [-0.1, -0.05) is 46.3 Å². The van der Waals surface area contributed by atoms with Crippen molar-refractivity contribution in [3.8, 4) is 0 Å².